The Morgan fingerprint density at radius 1 is 1.06 bits per heavy atom. The average Bonchev–Trinajstić information content (AvgIpc) is 2.80. The van der Waals surface area contributed by atoms with Gasteiger partial charge in [0, 0.05) is 5.56 Å². The van der Waals surface area contributed by atoms with Crippen LogP contribution >= 0.6 is 0 Å². The first-order valence-electron chi connectivity index (χ1n) is 5.70. The third-order valence-corrected chi connectivity index (χ3v) is 3.26. The third kappa shape index (κ3) is 2.68. The number of Topliss-reactive ketones (excluding diaryl/α,β-unsaturated/α-hetero) is 1. The number of rotatable bonds is 2. The van der Waals surface area contributed by atoms with Crippen LogP contribution in [0.15, 0.2) is 24.3 Å². The molecule has 1 aliphatic carbocycles. The molecule has 2 rings (SSSR count). The van der Waals surface area contributed by atoms with Crippen LogP contribution in [0.1, 0.15) is 47.5 Å². The summed E-state index contributed by atoms with van der Waals surface area (Å²) in [5.41, 5.74) is 0.764. The van der Waals surface area contributed by atoms with Crippen molar-refractivity contribution in [3.63, 3.8) is 0 Å². The molecule has 0 spiro atoms. The summed E-state index contributed by atoms with van der Waals surface area (Å²) in [7, 11) is 0. The van der Waals surface area contributed by atoms with Gasteiger partial charge >= 0.3 is 6.18 Å². The number of carbonyl (C=O) groups excluding carboxylic acids is 1. The zero-order valence-corrected chi connectivity index (χ0v) is 9.26. The Balaban J connectivity index is 2.15. The van der Waals surface area contributed by atoms with Crippen LogP contribution in [0.5, 0.6) is 0 Å². The minimum Gasteiger partial charge on any atom is -0.284 e. The summed E-state index contributed by atoms with van der Waals surface area (Å²) >= 11 is 0. The SMILES string of the molecule is O=C(c1ccc(C2CCCC2)cc1)C(F)(F)F. The molecule has 0 bridgehead atoms. The van der Waals surface area contributed by atoms with Crippen molar-refractivity contribution in [3.05, 3.63) is 35.4 Å². The van der Waals surface area contributed by atoms with Crippen LogP contribution in [0, 0.1) is 0 Å². The predicted molar refractivity (Wildman–Crippen MR) is 58.0 cm³/mol. The molecule has 1 saturated carbocycles. The van der Waals surface area contributed by atoms with Gasteiger partial charge in [0.15, 0.2) is 0 Å². The second-order valence-electron chi connectivity index (χ2n) is 4.43. The molecule has 17 heavy (non-hydrogen) atoms. The quantitative estimate of drug-likeness (QED) is 0.714. The summed E-state index contributed by atoms with van der Waals surface area (Å²) < 4.78 is 36.6. The van der Waals surface area contributed by atoms with Crippen molar-refractivity contribution < 1.29 is 18.0 Å². The highest BCUT2D eigenvalue weighted by Gasteiger charge is 2.39. The van der Waals surface area contributed by atoms with Crippen molar-refractivity contribution in [3.8, 4) is 0 Å². The first-order chi connectivity index (χ1) is 7.98. The molecule has 0 aliphatic heterocycles. The van der Waals surface area contributed by atoms with E-state index in [0.29, 0.717) is 5.92 Å². The zero-order chi connectivity index (χ0) is 12.5. The van der Waals surface area contributed by atoms with Gasteiger partial charge in [-0.15, -0.1) is 0 Å². The monoisotopic (exact) mass is 242 g/mol. The molecule has 0 amide bonds. The summed E-state index contributed by atoms with van der Waals surface area (Å²) in [6.07, 6.45) is -0.254. The van der Waals surface area contributed by atoms with Crippen molar-refractivity contribution in [2.24, 2.45) is 0 Å². The molecule has 1 fully saturated rings. The molecule has 1 aromatic rings. The highest BCUT2D eigenvalue weighted by molar-refractivity contribution is 6.00. The van der Waals surface area contributed by atoms with E-state index in [1.54, 1.807) is 12.1 Å². The van der Waals surface area contributed by atoms with Crippen LogP contribution in [0.3, 0.4) is 0 Å². The number of ketones is 1. The zero-order valence-electron chi connectivity index (χ0n) is 9.26. The van der Waals surface area contributed by atoms with Gasteiger partial charge in [0.05, 0.1) is 0 Å². The van der Waals surface area contributed by atoms with Gasteiger partial charge in [0.2, 0.25) is 0 Å². The lowest BCUT2D eigenvalue weighted by molar-refractivity contribution is -0.0885. The van der Waals surface area contributed by atoms with Crippen molar-refractivity contribution in [2.75, 3.05) is 0 Å². The molecule has 1 nitrogen and oxygen atoms in total. The molecule has 0 atom stereocenters. The topological polar surface area (TPSA) is 17.1 Å². The Morgan fingerprint density at radius 2 is 1.59 bits per heavy atom. The third-order valence-electron chi connectivity index (χ3n) is 3.26. The van der Waals surface area contributed by atoms with E-state index >= 15 is 0 Å². The lowest BCUT2D eigenvalue weighted by Crippen LogP contribution is -2.22. The Kier molecular flexibility index (Phi) is 3.22. The van der Waals surface area contributed by atoms with E-state index in [1.165, 1.54) is 25.0 Å². The minimum atomic E-state index is -4.78. The molecule has 0 unspecified atom stereocenters. The van der Waals surface area contributed by atoms with Crippen LogP contribution in [0.4, 0.5) is 13.2 Å². The van der Waals surface area contributed by atoms with Gasteiger partial charge in [-0.2, -0.15) is 13.2 Å². The molecule has 92 valence electrons. The van der Waals surface area contributed by atoms with Gasteiger partial charge in [-0.25, -0.2) is 0 Å². The van der Waals surface area contributed by atoms with Gasteiger partial charge in [0.1, 0.15) is 0 Å². The Morgan fingerprint density at radius 3 is 2.06 bits per heavy atom. The van der Waals surface area contributed by atoms with Crippen LogP contribution in [-0.2, 0) is 0 Å². The van der Waals surface area contributed by atoms with E-state index < -0.39 is 12.0 Å². The molecule has 1 aliphatic rings. The summed E-state index contributed by atoms with van der Waals surface area (Å²) in [4.78, 5) is 11.0. The standard InChI is InChI=1S/C13H13F3O/c14-13(15,16)12(17)11-7-5-10(6-8-11)9-3-1-2-4-9/h5-9H,1-4H2. The maximum Gasteiger partial charge on any atom is 0.454 e. The first kappa shape index (κ1) is 12.1. The summed E-state index contributed by atoms with van der Waals surface area (Å²) in [6.45, 7) is 0. The van der Waals surface area contributed by atoms with Gasteiger partial charge < -0.3 is 0 Å². The minimum absolute atomic E-state index is 0.278. The van der Waals surface area contributed by atoms with Crippen LogP contribution < -0.4 is 0 Å². The van der Waals surface area contributed by atoms with Gasteiger partial charge in [-0.3, -0.25) is 4.79 Å². The van der Waals surface area contributed by atoms with Crippen molar-refractivity contribution in [2.45, 2.75) is 37.8 Å². The largest absolute Gasteiger partial charge is 0.454 e. The fourth-order valence-corrected chi connectivity index (χ4v) is 2.33. The molecule has 0 saturated heterocycles. The van der Waals surface area contributed by atoms with Crippen LogP contribution in [0.2, 0.25) is 0 Å². The van der Waals surface area contributed by atoms with E-state index in [2.05, 4.69) is 0 Å². The van der Waals surface area contributed by atoms with E-state index in [9.17, 15) is 18.0 Å². The molecule has 1 aromatic carbocycles. The maximum absolute atomic E-state index is 12.2. The van der Waals surface area contributed by atoms with E-state index in [1.807, 2.05) is 0 Å². The van der Waals surface area contributed by atoms with Crippen LogP contribution in [0.25, 0.3) is 0 Å². The first-order valence-corrected chi connectivity index (χ1v) is 5.70. The normalized spacial score (nSPS) is 17.4. The highest BCUT2D eigenvalue weighted by atomic mass is 19.4. The van der Waals surface area contributed by atoms with Crippen molar-refractivity contribution in [1.29, 1.82) is 0 Å². The lowest BCUT2D eigenvalue weighted by atomic mass is 9.96. The second-order valence-corrected chi connectivity index (χ2v) is 4.43. The Hall–Kier alpha value is -1.32. The molecule has 0 N–H and O–H groups in total. The molecule has 0 radical (unpaired) electrons. The van der Waals surface area contributed by atoms with Crippen molar-refractivity contribution in [1.82, 2.24) is 0 Å². The molecule has 4 heteroatoms. The molecule has 0 aromatic heterocycles. The fraction of sp³-hybridized carbons (Fsp3) is 0.462. The van der Waals surface area contributed by atoms with Crippen LogP contribution in [-0.4, -0.2) is 12.0 Å². The average molecular weight is 242 g/mol. The second kappa shape index (κ2) is 4.51. The van der Waals surface area contributed by atoms with E-state index in [0.717, 1.165) is 18.4 Å². The molecular weight excluding hydrogens is 229 g/mol. The number of alkyl halides is 3. The fourth-order valence-electron chi connectivity index (χ4n) is 2.33. The number of benzene rings is 1. The molecule has 0 heterocycles. The van der Waals surface area contributed by atoms with Gasteiger partial charge in [-0.05, 0) is 24.3 Å². The van der Waals surface area contributed by atoms with Gasteiger partial charge in [-0.1, -0.05) is 37.1 Å². The smallest absolute Gasteiger partial charge is 0.284 e. The predicted octanol–water partition coefficient (Wildman–Crippen LogP) is 4.09. The summed E-state index contributed by atoms with van der Waals surface area (Å²) in [6, 6.07) is 5.86. The summed E-state index contributed by atoms with van der Waals surface area (Å²) in [5, 5.41) is 0. The maximum atomic E-state index is 12.2. The number of halogens is 3. The van der Waals surface area contributed by atoms with E-state index in [-0.39, 0.29) is 5.56 Å². The highest BCUT2D eigenvalue weighted by Crippen LogP contribution is 2.34. The Bertz CT molecular complexity index is 400. The number of hydrogen-bond donors (Lipinski definition) is 0. The summed E-state index contributed by atoms with van der Waals surface area (Å²) in [5.74, 6) is -1.32. The Labute approximate surface area is 97.6 Å². The lowest BCUT2D eigenvalue weighted by Gasteiger charge is -2.10. The number of carbonyl (C=O) groups is 1. The van der Waals surface area contributed by atoms with Gasteiger partial charge in [0.25, 0.3) is 5.78 Å². The number of hydrogen-bond acceptors (Lipinski definition) is 1. The van der Waals surface area contributed by atoms with E-state index in [4.69, 9.17) is 0 Å². The van der Waals surface area contributed by atoms with Crippen molar-refractivity contribution >= 4 is 5.78 Å². The molecular formula is C13H13F3O.